The second-order valence-corrected chi connectivity index (χ2v) is 8.15. The van der Waals surface area contributed by atoms with Crippen LogP contribution in [0.3, 0.4) is 0 Å². The standard InChI is InChI=1S/C13H21ClN2O2S2/c1-2-15(11-13-7-5-9-19-13)20(17,18)16-8-4-3-6-12(16)10-14/h5,7,9,12H,2-4,6,8,10-11H2,1H3. The van der Waals surface area contributed by atoms with Crippen LogP contribution in [0.1, 0.15) is 31.1 Å². The Morgan fingerprint density at radius 2 is 2.30 bits per heavy atom. The molecule has 114 valence electrons. The number of hydrogen-bond acceptors (Lipinski definition) is 3. The minimum absolute atomic E-state index is 0.0622. The monoisotopic (exact) mass is 336 g/mol. The fourth-order valence-corrected chi connectivity index (χ4v) is 5.56. The van der Waals surface area contributed by atoms with Crippen LogP contribution < -0.4 is 0 Å². The first-order chi connectivity index (χ1) is 9.59. The molecule has 0 saturated carbocycles. The third kappa shape index (κ3) is 3.54. The molecule has 2 heterocycles. The first-order valence-electron chi connectivity index (χ1n) is 6.94. The summed E-state index contributed by atoms with van der Waals surface area (Å²) in [5, 5.41) is 1.97. The molecule has 1 unspecified atom stereocenters. The predicted molar refractivity (Wildman–Crippen MR) is 84.4 cm³/mol. The lowest BCUT2D eigenvalue weighted by Crippen LogP contribution is -2.51. The Morgan fingerprint density at radius 3 is 2.90 bits per heavy atom. The molecule has 1 atom stereocenters. The molecule has 0 bridgehead atoms. The highest BCUT2D eigenvalue weighted by Gasteiger charge is 2.35. The smallest absolute Gasteiger partial charge is 0.195 e. The fourth-order valence-electron chi connectivity index (χ4n) is 2.51. The Bertz CT molecular complexity index is 504. The Hall–Kier alpha value is -0.140. The molecule has 1 fully saturated rings. The average molecular weight is 337 g/mol. The minimum atomic E-state index is -3.42. The lowest BCUT2D eigenvalue weighted by Gasteiger charge is -2.36. The summed E-state index contributed by atoms with van der Waals surface area (Å²) in [6.07, 6.45) is 2.84. The molecule has 0 radical (unpaired) electrons. The molecule has 1 aromatic rings. The van der Waals surface area contributed by atoms with Gasteiger partial charge in [0.15, 0.2) is 0 Å². The van der Waals surface area contributed by atoms with Gasteiger partial charge in [0, 0.05) is 36.4 Å². The molecule has 2 rings (SSSR count). The SMILES string of the molecule is CCN(Cc1cccs1)S(=O)(=O)N1CCCCC1CCl. The van der Waals surface area contributed by atoms with Crippen molar-refractivity contribution in [3.8, 4) is 0 Å². The van der Waals surface area contributed by atoms with Crippen LogP contribution >= 0.6 is 22.9 Å². The van der Waals surface area contributed by atoms with Gasteiger partial charge in [-0.1, -0.05) is 19.4 Å². The summed E-state index contributed by atoms with van der Waals surface area (Å²) in [6.45, 7) is 3.39. The number of piperidine rings is 1. The zero-order chi connectivity index (χ0) is 14.6. The third-order valence-electron chi connectivity index (χ3n) is 3.64. The molecule has 0 amide bonds. The predicted octanol–water partition coefficient (Wildman–Crippen LogP) is 2.91. The molecule has 4 nitrogen and oxygen atoms in total. The average Bonchev–Trinajstić information content (AvgIpc) is 2.97. The maximum Gasteiger partial charge on any atom is 0.282 e. The summed E-state index contributed by atoms with van der Waals surface area (Å²) in [6, 6.07) is 3.86. The van der Waals surface area contributed by atoms with Crippen LogP contribution in [0.15, 0.2) is 17.5 Å². The topological polar surface area (TPSA) is 40.6 Å². The summed E-state index contributed by atoms with van der Waals surface area (Å²) >= 11 is 7.53. The Labute approximate surface area is 130 Å². The molecule has 20 heavy (non-hydrogen) atoms. The van der Waals surface area contributed by atoms with Crippen LogP contribution in [-0.2, 0) is 16.8 Å². The molecule has 1 aliphatic rings. The lowest BCUT2D eigenvalue weighted by molar-refractivity contribution is 0.246. The number of thiophene rings is 1. The van der Waals surface area contributed by atoms with E-state index in [1.54, 1.807) is 19.9 Å². The van der Waals surface area contributed by atoms with E-state index in [1.165, 1.54) is 0 Å². The van der Waals surface area contributed by atoms with Crippen molar-refractivity contribution < 1.29 is 8.42 Å². The quantitative estimate of drug-likeness (QED) is 0.749. The summed E-state index contributed by atoms with van der Waals surface area (Å²) in [4.78, 5) is 1.06. The van der Waals surface area contributed by atoms with Gasteiger partial charge in [0.2, 0.25) is 0 Å². The Kier molecular flexibility index (Phi) is 5.86. The van der Waals surface area contributed by atoms with E-state index in [9.17, 15) is 8.42 Å². The summed E-state index contributed by atoms with van der Waals surface area (Å²) in [5.41, 5.74) is 0. The van der Waals surface area contributed by atoms with Crippen LogP contribution in [0.25, 0.3) is 0 Å². The van der Waals surface area contributed by atoms with Crippen LogP contribution in [0, 0.1) is 0 Å². The Balaban J connectivity index is 2.17. The molecule has 0 aromatic carbocycles. The van der Waals surface area contributed by atoms with Gasteiger partial charge in [0.25, 0.3) is 10.2 Å². The van der Waals surface area contributed by atoms with Crippen LogP contribution in [0.5, 0.6) is 0 Å². The van der Waals surface area contributed by atoms with Crippen molar-refractivity contribution in [3.05, 3.63) is 22.4 Å². The van der Waals surface area contributed by atoms with E-state index in [4.69, 9.17) is 11.6 Å². The number of hydrogen-bond donors (Lipinski definition) is 0. The number of alkyl halides is 1. The van der Waals surface area contributed by atoms with Crippen LogP contribution in [-0.4, -0.2) is 42.0 Å². The van der Waals surface area contributed by atoms with Crippen molar-refractivity contribution in [1.29, 1.82) is 0 Å². The van der Waals surface area contributed by atoms with Gasteiger partial charge in [-0.05, 0) is 24.3 Å². The van der Waals surface area contributed by atoms with Gasteiger partial charge >= 0.3 is 0 Å². The third-order valence-corrected chi connectivity index (χ3v) is 6.97. The second kappa shape index (κ2) is 7.22. The number of halogens is 1. The molecular formula is C13H21ClN2O2S2. The molecule has 0 N–H and O–H groups in total. The lowest BCUT2D eigenvalue weighted by atomic mass is 10.1. The normalized spacial score (nSPS) is 21.4. The van der Waals surface area contributed by atoms with Crippen molar-refractivity contribution in [1.82, 2.24) is 8.61 Å². The summed E-state index contributed by atoms with van der Waals surface area (Å²) in [5.74, 6) is 0.371. The van der Waals surface area contributed by atoms with E-state index in [0.29, 0.717) is 25.5 Å². The van der Waals surface area contributed by atoms with E-state index in [2.05, 4.69) is 0 Å². The molecular weight excluding hydrogens is 316 g/mol. The minimum Gasteiger partial charge on any atom is -0.195 e. The van der Waals surface area contributed by atoms with Crippen molar-refractivity contribution in [2.24, 2.45) is 0 Å². The largest absolute Gasteiger partial charge is 0.282 e. The molecule has 1 aromatic heterocycles. The van der Waals surface area contributed by atoms with E-state index in [-0.39, 0.29) is 6.04 Å². The van der Waals surface area contributed by atoms with Gasteiger partial charge in [-0.2, -0.15) is 17.0 Å². The van der Waals surface area contributed by atoms with E-state index in [1.807, 2.05) is 24.4 Å². The highest BCUT2D eigenvalue weighted by molar-refractivity contribution is 7.86. The molecule has 1 aliphatic heterocycles. The van der Waals surface area contributed by atoms with E-state index < -0.39 is 10.2 Å². The van der Waals surface area contributed by atoms with Gasteiger partial charge in [-0.15, -0.1) is 22.9 Å². The van der Waals surface area contributed by atoms with Crippen molar-refractivity contribution in [3.63, 3.8) is 0 Å². The van der Waals surface area contributed by atoms with Gasteiger partial charge in [-0.3, -0.25) is 0 Å². The molecule has 0 aliphatic carbocycles. The van der Waals surface area contributed by atoms with E-state index in [0.717, 1.165) is 24.1 Å². The summed E-state index contributed by atoms with van der Waals surface area (Å²) in [7, 11) is -3.42. The zero-order valence-electron chi connectivity index (χ0n) is 11.7. The van der Waals surface area contributed by atoms with Crippen LogP contribution in [0.2, 0.25) is 0 Å². The first-order valence-corrected chi connectivity index (χ1v) is 9.76. The maximum absolute atomic E-state index is 12.8. The zero-order valence-corrected chi connectivity index (χ0v) is 14.1. The maximum atomic E-state index is 12.8. The summed E-state index contributed by atoms with van der Waals surface area (Å²) < 4.78 is 28.8. The molecule has 7 heteroatoms. The first kappa shape index (κ1) is 16.2. The highest BCUT2D eigenvalue weighted by atomic mass is 35.5. The number of nitrogens with zero attached hydrogens (tertiary/aromatic N) is 2. The fraction of sp³-hybridized carbons (Fsp3) is 0.692. The van der Waals surface area contributed by atoms with Gasteiger partial charge in [0.05, 0.1) is 0 Å². The van der Waals surface area contributed by atoms with Crippen molar-refractivity contribution in [2.75, 3.05) is 19.0 Å². The number of rotatable bonds is 6. The van der Waals surface area contributed by atoms with Crippen LogP contribution in [0.4, 0.5) is 0 Å². The van der Waals surface area contributed by atoms with E-state index >= 15 is 0 Å². The van der Waals surface area contributed by atoms with Crippen molar-refractivity contribution in [2.45, 2.75) is 38.8 Å². The van der Waals surface area contributed by atoms with Crippen molar-refractivity contribution >= 4 is 33.1 Å². The Morgan fingerprint density at radius 1 is 1.50 bits per heavy atom. The molecule has 0 spiro atoms. The van der Waals surface area contributed by atoms with Gasteiger partial charge in [-0.25, -0.2) is 0 Å². The van der Waals surface area contributed by atoms with Gasteiger partial charge < -0.3 is 0 Å². The second-order valence-electron chi connectivity index (χ2n) is 4.93. The van der Waals surface area contributed by atoms with Gasteiger partial charge in [0.1, 0.15) is 0 Å². The highest BCUT2D eigenvalue weighted by Crippen LogP contribution is 2.25. The molecule has 1 saturated heterocycles.